The fourth-order valence-electron chi connectivity index (χ4n) is 1.84. The van der Waals surface area contributed by atoms with Crippen molar-refractivity contribution in [3.8, 4) is 0 Å². The Bertz CT molecular complexity index is 592. The van der Waals surface area contributed by atoms with Crippen molar-refractivity contribution in [3.63, 3.8) is 0 Å². The summed E-state index contributed by atoms with van der Waals surface area (Å²) >= 11 is 5.03. The molecule has 0 fully saturated rings. The molecule has 0 atom stereocenters. The van der Waals surface area contributed by atoms with E-state index in [0.717, 1.165) is 26.8 Å². The lowest BCUT2D eigenvalue weighted by molar-refractivity contribution is -0.143. The van der Waals surface area contributed by atoms with Gasteiger partial charge in [-0.15, -0.1) is 11.8 Å². The first-order valence-electron chi connectivity index (χ1n) is 6.06. The number of carbonyl (C=O) groups is 1. The minimum atomic E-state index is -0.240. The molecule has 0 unspecified atom stereocenters. The number of halogens is 1. The van der Waals surface area contributed by atoms with Crippen molar-refractivity contribution in [2.75, 3.05) is 12.9 Å². The summed E-state index contributed by atoms with van der Waals surface area (Å²) in [6.07, 6.45) is 2.99. The maximum atomic E-state index is 11.7. The third-order valence-electron chi connectivity index (χ3n) is 2.65. The minimum Gasteiger partial charge on any atom is -0.465 e. The summed E-state index contributed by atoms with van der Waals surface area (Å²) in [5, 5.41) is 1.03. The zero-order chi connectivity index (χ0) is 13.8. The molecule has 2 rings (SSSR count). The number of thioether (sulfide) groups is 1. The molecule has 0 aliphatic heterocycles. The molecule has 0 aliphatic rings. The Labute approximate surface area is 124 Å². The van der Waals surface area contributed by atoms with Crippen molar-refractivity contribution in [1.29, 1.82) is 0 Å². The molecule has 0 amide bonds. The van der Waals surface area contributed by atoms with Gasteiger partial charge in [0.1, 0.15) is 17.8 Å². The summed E-state index contributed by atoms with van der Waals surface area (Å²) < 4.78 is 11.8. The van der Waals surface area contributed by atoms with Crippen molar-refractivity contribution in [3.05, 3.63) is 28.4 Å². The van der Waals surface area contributed by atoms with E-state index in [9.17, 15) is 4.79 Å². The zero-order valence-corrected chi connectivity index (χ0v) is 13.3. The highest BCUT2D eigenvalue weighted by molar-refractivity contribution is 9.10. The molecule has 0 spiro atoms. The molecule has 0 radical (unpaired) electrons. The lowest BCUT2D eigenvalue weighted by atomic mass is 10.2. The number of benzene rings is 1. The maximum absolute atomic E-state index is 11.7. The van der Waals surface area contributed by atoms with Gasteiger partial charge in [-0.25, -0.2) is 0 Å². The zero-order valence-electron chi connectivity index (χ0n) is 10.9. The molecule has 19 heavy (non-hydrogen) atoms. The predicted octanol–water partition coefficient (Wildman–Crippen LogP) is 4.41. The standard InChI is InChI=1S/C14H15BrO3S/c1-3-6-17-13(16)8-12-14(19-2)10-7-9(15)4-5-11(10)18-12/h4-5,7H,3,6,8H2,1-2H3. The average molecular weight is 343 g/mol. The molecule has 0 saturated carbocycles. The van der Waals surface area contributed by atoms with Gasteiger partial charge in [0.05, 0.1) is 11.5 Å². The predicted molar refractivity (Wildman–Crippen MR) is 80.6 cm³/mol. The molecule has 0 saturated heterocycles. The van der Waals surface area contributed by atoms with E-state index in [4.69, 9.17) is 9.15 Å². The van der Waals surface area contributed by atoms with Crippen LogP contribution in [0.25, 0.3) is 11.0 Å². The van der Waals surface area contributed by atoms with Crippen LogP contribution in [0.5, 0.6) is 0 Å². The molecule has 2 aromatic rings. The van der Waals surface area contributed by atoms with Crippen LogP contribution in [0.3, 0.4) is 0 Å². The molecular formula is C14H15BrO3S. The van der Waals surface area contributed by atoms with E-state index in [2.05, 4.69) is 15.9 Å². The van der Waals surface area contributed by atoms with E-state index in [1.54, 1.807) is 11.8 Å². The van der Waals surface area contributed by atoms with Crippen LogP contribution in [-0.4, -0.2) is 18.8 Å². The quantitative estimate of drug-likeness (QED) is 0.595. The highest BCUT2D eigenvalue weighted by Crippen LogP contribution is 2.35. The van der Waals surface area contributed by atoms with Gasteiger partial charge in [-0.05, 0) is 30.9 Å². The summed E-state index contributed by atoms with van der Waals surface area (Å²) in [5.41, 5.74) is 0.797. The van der Waals surface area contributed by atoms with E-state index in [-0.39, 0.29) is 12.4 Å². The molecule has 0 bridgehead atoms. The van der Waals surface area contributed by atoms with E-state index < -0.39 is 0 Å². The lowest BCUT2D eigenvalue weighted by Gasteiger charge is -2.02. The Kier molecular flexibility index (Phi) is 4.93. The van der Waals surface area contributed by atoms with Crippen LogP contribution in [0.4, 0.5) is 0 Å². The van der Waals surface area contributed by atoms with Gasteiger partial charge < -0.3 is 9.15 Å². The van der Waals surface area contributed by atoms with Gasteiger partial charge in [-0.2, -0.15) is 0 Å². The first-order valence-corrected chi connectivity index (χ1v) is 8.08. The first kappa shape index (κ1) is 14.5. The number of carbonyl (C=O) groups excluding carboxylic acids is 1. The van der Waals surface area contributed by atoms with Gasteiger partial charge in [-0.3, -0.25) is 4.79 Å². The number of ether oxygens (including phenoxy) is 1. The van der Waals surface area contributed by atoms with Gasteiger partial charge in [0.25, 0.3) is 0 Å². The van der Waals surface area contributed by atoms with Crippen LogP contribution in [0.1, 0.15) is 19.1 Å². The van der Waals surface area contributed by atoms with Crippen molar-refractivity contribution < 1.29 is 13.9 Å². The molecule has 1 heterocycles. The molecule has 0 aliphatic carbocycles. The summed E-state index contributed by atoms with van der Waals surface area (Å²) in [6.45, 7) is 2.43. The molecule has 1 aromatic carbocycles. The SMILES string of the molecule is CCCOC(=O)Cc1oc2ccc(Br)cc2c1SC. The van der Waals surface area contributed by atoms with Crippen LogP contribution in [0.2, 0.25) is 0 Å². The van der Waals surface area contributed by atoms with Crippen LogP contribution >= 0.6 is 27.7 Å². The second-order valence-electron chi connectivity index (χ2n) is 4.10. The summed E-state index contributed by atoms with van der Waals surface area (Å²) in [7, 11) is 0. The van der Waals surface area contributed by atoms with Gasteiger partial charge >= 0.3 is 5.97 Å². The normalized spacial score (nSPS) is 10.9. The third kappa shape index (κ3) is 3.34. The van der Waals surface area contributed by atoms with E-state index in [1.165, 1.54) is 0 Å². The maximum Gasteiger partial charge on any atom is 0.313 e. The van der Waals surface area contributed by atoms with Crippen molar-refractivity contribution in [1.82, 2.24) is 0 Å². The van der Waals surface area contributed by atoms with Crippen LogP contribution in [0, 0.1) is 0 Å². The van der Waals surface area contributed by atoms with E-state index in [1.807, 2.05) is 31.4 Å². The first-order chi connectivity index (χ1) is 9.15. The fourth-order valence-corrected chi connectivity index (χ4v) is 2.92. The van der Waals surface area contributed by atoms with Gasteiger partial charge in [0, 0.05) is 9.86 Å². The highest BCUT2D eigenvalue weighted by atomic mass is 79.9. The Hall–Kier alpha value is -0.940. The third-order valence-corrected chi connectivity index (χ3v) is 4.00. The molecule has 0 N–H and O–H groups in total. The smallest absolute Gasteiger partial charge is 0.313 e. The fraction of sp³-hybridized carbons (Fsp3) is 0.357. The number of furan rings is 1. The number of hydrogen-bond acceptors (Lipinski definition) is 4. The second-order valence-corrected chi connectivity index (χ2v) is 5.83. The molecule has 5 heteroatoms. The second kappa shape index (κ2) is 6.48. The lowest BCUT2D eigenvalue weighted by Crippen LogP contribution is -2.08. The monoisotopic (exact) mass is 342 g/mol. The summed E-state index contributed by atoms with van der Waals surface area (Å²) in [5.74, 6) is 0.442. The minimum absolute atomic E-state index is 0.183. The topological polar surface area (TPSA) is 39.4 Å². The largest absolute Gasteiger partial charge is 0.465 e. The van der Waals surface area contributed by atoms with E-state index in [0.29, 0.717) is 12.4 Å². The summed E-state index contributed by atoms with van der Waals surface area (Å²) in [6, 6.07) is 5.83. The Morgan fingerprint density at radius 2 is 2.26 bits per heavy atom. The Morgan fingerprint density at radius 1 is 1.47 bits per heavy atom. The van der Waals surface area contributed by atoms with Crippen molar-refractivity contribution >= 4 is 44.6 Å². The van der Waals surface area contributed by atoms with Gasteiger partial charge in [0.15, 0.2) is 0 Å². The number of fused-ring (bicyclic) bond motifs is 1. The average Bonchev–Trinajstić information content (AvgIpc) is 2.72. The Morgan fingerprint density at radius 3 is 2.95 bits per heavy atom. The number of hydrogen-bond donors (Lipinski definition) is 0. The molecule has 3 nitrogen and oxygen atoms in total. The van der Waals surface area contributed by atoms with Gasteiger partial charge in [-0.1, -0.05) is 22.9 Å². The molecular weight excluding hydrogens is 328 g/mol. The van der Waals surface area contributed by atoms with E-state index >= 15 is 0 Å². The van der Waals surface area contributed by atoms with Crippen LogP contribution in [0.15, 0.2) is 32.0 Å². The molecule has 1 aromatic heterocycles. The highest BCUT2D eigenvalue weighted by Gasteiger charge is 2.17. The summed E-state index contributed by atoms with van der Waals surface area (Å²) in [4.78, 5) is 12.7. The number of esters is 1. The van der Waals surface area contributed by atoms with Crippen LogP contribution in [-0.2, 0) is 16.0 Å². The van der Waals surface area contributed by atoms with Crippen molar-refractivity contribution in [2.45, 2.75) is 24.7 Å². The Balaban J connectivity index is 2.30. The van der Waals surface area contributed by atoms with Crippen molar-refractivity contribution in [2.24, 2.45) is 0 Å². The van der Waals surface area contributed by atoms with Crippen LogP contribution < -0.4 is 0 Å². The number of rotatable bonds is 5. The molecule has 102 valence electrons. The van der Waals surface area contributed by atoms with Gasteiger partial charge in [0.2, 0.25) is 0 Å².